The van der Waals surface area contributed by atoms with E-state index in [1.165, 1.54) is 45.4 Å². The molecule has 1 N–H and O–H groups in total. The number of hydrogen-bond acceptors (Lipinski definition) is 2. The fourth-order valence-corrected chi connectivity index (χ4v) is 6.77. The van der Waals surface area contributed by atoms with Crippen LogP contribution in [0.5, 0.6) is 0 Å². The van der Waals surface area contributed by atoms with Gasteiger partial charge >= 0.3 is 0 Å². The topological polar surface area (TPSA) is 15.3 Å². The number of nitrogens with zero attached hydrogens (tertiary/aromatic N) is 1. The molecule has 1 atom stereocenters. The van der Waals surface area contributed by atoms with Crippen molar-refractivity contribution in [2.45, 2.75) is 70.8 Å². The first-order chi connectivity index (χ1) is 10.3. The summed E-state index contributed by atoms with van der Waals surface area (Å²) in [6.07, 6.45) is 13.6. The summed E-state index contributed by atoms with van der Waals surface area (Å²) in [4.78, 5) is 2.90. The summed E-state index contributed by atoms with van der Waals surface area (Å²) in [7, 11) is 0. The molecule has 0 amide bonds. The van der Waals surface area contributed by atoms with E-state index in [2.05, 4.69) is 17.1 Å². The predicted octanol–water partition coefficient (Wildman–Crippen LogP) is 3.67. The predicted molar refractivity (Wildman–Crippen MR) is 88.4 cm³/mol. The molecule has 2 heteroatoms. The van der Waals surface area contributed by atoms with Crippen LogP contribution in [-0.2, 0) is 0 Å². The van der Waals surface area contributed by atoms with E-state index >= 15 is 0 Å². The van der Waals surface area contributed by atoms with E-state index in [1.807, 2.05) is 0 Å². The Morgan fingerprint density at radius 3 is 2.29 bits per heavy atom. The zero-order valence-electron chi connectivity index (χ0n) is 13.9. The summed E-state index contributed by atoms with van der Waals surface area (Å²) in [6.45, 7) is 7.49. The third kappa shape index (κ3) is 2.67. The van der Waals surface area contributed by atoms with Crippen LogP contribution in [0.15, 0.2) is 0 Å². The molecule has 5 aliphatic rings. The molecule has 120 valence electrons. The minimum absolute atomic E-state index is 0.703. The summed E-state index contributed by atoms with van der Waals surface area (Å²) in [5, 5.41) is 3.74. The van der Waals surface area contributed by atoms with Crippen molar-refractivity contribution in [1.82, 2.24) is 10.2 Å². The Labute approximate surface area is 131 Å². The summed E-state index contributed by atoms with van der Waals surface area (Å²) in [5.74, 6) is 3.28. The summed E-state index contributed by atoms with van der Waals surface area (Å²) < 4.78 is 0. The molecule has 1 aliphatic heterocycles. The zero-order chi connectivity index (χ0) is 14.3. The van der Waals surface area contributed by atoms with E-state index in [0.717, 1.165) is 23.8 Å². The molecule has 4 saturated carbocycles. The molecule has 0 aromatic rings. The Bertz CT molecular complexity index is 329. The van der Waals surface area contributed by atoms with Crippen LogP contribution in [0.4, 0.5) is 0 Å². The second kappa shape index (κ2) is 5.85. The van der Waals surface area contributed by atoms with Crippen molar-refractivity contribution in [3.05, 3.63) is 0 Å². The van der Waals surface area contributed by atoms with Crippen molar-refractivity contribution in [3.63, 3.8) is 0 Å². The van der Waals surface area contributed by atoms with Gasteiger partial charge < -0.3 is 5.32 Å². The first-order valence-electron chi connectivity index (χ1n) is 9.74. The Kier molecular flexibility index (Phi) is 4.04. The van der Waals surface area contributed by atoms with Gasteiger partial charge in [-0.1, -0.05) is 19.8 Å². The van der Waals surface area contributed by atoms with Crippen molar-refractivity contribution in [2.24, 2.45) is 23.2 Å². The van der Waals surface area contributed by atoms with Gasteiger partial charge in [-0.2, -0.15) is 0 Å². The fraction of sp³-hybridized carbons (Fsp3) is 1.00. The average molecular weight is 290 g/mol. The van der Waals surface area contributed by atoms with Crippen LogP contribution in [0.1, 0.15) is 64.7 Å². The lowest BCUT2D eigenvalue weighted by molar-refractivity contribution is -0.106. The zero-order valence-corrected chi connectivity index (χ0v) is 13.9. The second-order valence-corrected chi connectivity index (χ2v) is 8.74. The van der Waals surface area contributed by atoms with Gasteiger partial charge in [0.1, 0.15) is 0 Å². The van der Waals surface area contributed by atoms with Gasteiger partial charge in [-0.3, -0.25) is 4.90 Å². The normalized spacial score (nSPS) is 46.1. The minimum atomic E-state index is 0.703. The van der Waals surface area contributed by atoms with E-state index in [0.29, 0.717) is 5.41 Å². The third-order valence-corrected chi connectivity index (χ3v) is 7.20. The van der Waals surface area contributed by atoms with Gasteiger partial charge in [0.15, 0.2) is 0 Å². The maximum atomic E-state index is 3.74. The third-order valence-electron chi connectivity index (χ3n) is 7.20. The van der Waals surface area contributed by atoms with Gasteiger partial charge in [0.05, 0.1) is 0 Å². The Hall–Kier alpha value is -0.0800. The molecule has 1 heterocycles. The molecule has 5 fully saturated rings. The fourth-order valence-electron chi connectivity index (χ4n) is 6.77. The molecule has 4 aliphatic carbocycles. The lowest BCUT2D eigenvalue weighted by Gasteiger charge is -2.62. The highest BCUT2D eigenvalue weighted by Gasteiger charge is 2.55. The summed E-state index contributed by atoms with van der Waals surface area (Å²) in [6, 6.07) is 0.858. The number of nitrogens with one attached hydrogen (secondary N) is 1. The monoisotopic (exact) mass is 290 g/mol. The van der Waals surface area contributed by atoms with Crippen LogP contribution in [0.25, 0.3) is 0 Å². The van der Waals surface area contributed by atoms with Gasteiger partial charge in [-0.25, -0.2) is 0 Å². The molecule has 1 saturated heterocycles. The van der Waals surface area contributed by atoms with Crippen LogP contribution < -0.4 is 5.32 Å². The standard InChI is InChI=1S/C19H34N2/c1-2-3-4-6-21-7-5-20-14-18(21)19-11-15-8-16(12-19)10-17(9-15)13-19/h15-18,20H,2-14H2,1H3. The highest BCUT2D eigenvalue weighted by atomic mass is 15.2. The number of piperazine rings is 1. The molecule has 5 rings (SSSR count). The Morgan fingerprint density at radius 1 is 1.00 bits per heavy atom. The highest BCUT2D eigenvalue weighted by molar-refractivity contribution is 5.07. The van der Waals surface area contributed by atoms with Gasteiger partial charge in [0, 0.05) is 25.7 Å². The minimum Gasteiger partial charge on any atom is -0.314 e. The molecule has 0 radical (unpaired) electrons. The first-order valence-corrected chi connectivity index (χ1v) is 9.74. The van der Waals surface area contributed by atoms with Crippen molar-refractivity contribution in [1.29, 1.82) is 0 Å². The SMILES string of the molecule is CCCCCN1CCNCC1C12CC3CC(CC(C3)C1)C2. The largest absolute Gasteiger partial charge is 0.314 e. The Morgan fingerprint density at radius 2 is 1.67 bits per heavy atom. The maximum Gasteiger partial charge on any atom is 0.0277 e. The number of hydrogen-bond donors (Lipinski definition) is 1. The van der Waals surface area contributed by atoms with Gasteiger partial charge in [0.25, 0.3) is 0 Å². The van der Waals surface area contributed by atoms with Gasteiger partial charge in [-0.15, -0.1) is 0 Å². The van der Waals surface area contributed by atoms with E-state index in [4.69, 9.17) is 0 Å². The van der Waals surface area contributed by atoms with Gasteiger partial charge in [0.2, 0.25) is 0 Å². The lowest BCUT2D eigenvalue weighted by atomic mass is 9.47. The number of rotatable bonds is 5. The maximum absolute atomic E-state index is 3.74. The molecule has 0 aromatic heterocycles. The molecule has 4 bridgehead atoms. The van der Waals surface area contributed by atoms with E-state index in [1.54, 1.807) is 38.5 Å². The second-order valence-electron chi connectivity index (χ2n) is 8.74. The van der Waals surface area contributed by atoms with Crippen molar-refractivity contribution in [2.75, 3.05) is 26.2 Å². The molecule has 0 spiro atoms. The van der Waals surface area contributed by atoms with Crippen molar-refractivity contribution >= 4 is 0 Å². The number of unbranched alkanes of at least 4 members (excludes halogenated alkanes) is 2. The average Bonchev–Trinajstić information content (AvgIpc) is 2.46. The molecule has 21 heavy (non-hydrogen) atoms. The van der Waals surface area contributed by atoms with Crippen molar-refractivity contribution < 1.29 is 0 Å². The smallest absolute Gasteiger partial charge is 0.0277 e. The van der Waals surface area contributed by atoms with Crippen LogP contribution >= 0.6 is 0 Å². The summed E-state index contributed by atoms with van der Waals surface area (Å²) >= 11 is 0. The van der Waals surface area contributed by atoms with Crippen LogP contribution in [0.3, 0.4) is 0 Å². The van der Waals surface area contributed by atoms with Crippen LogP contribution in [0.2, 0.25) is 0 Å². The Balaban J connectivity index is 1.49. The van der Waals surface area contributed by atoms with Crippen LogP contribution in [0, 0.1) is 23.2 Å². The van der Waals surface area contributed by atoms with Crippen molar-refractivity contribution in [3.8, 4) is 0 Å². The molecule has 1 unspecified atom stereocenters. The molecule has 2 nitrogen and oxygen atoms in total. The van der Waals surface area contributed by atoms with E-state index in [9.17, 15) is 0 Å². The van der Waals surface area contributed by atoms with E-state index < -0.39 is 0 Å². The molecular weight excluding hydrogens is 256 g/mol. The molecule has 0 aromatic carbocycles. The van der Waals surface area contributed by atoms with E-state index in [-0.39, 0.29) is 0 Å². The van der Waals surface area contributed by atoms with Gasteiger partial charge in [-0.05, 0) is 74.7 Å². The summed E-state index contributed by atoms with van der Waals surface area (Å²) in [5.41, 5.74) is 0.703. The lowest BCUT2D eigenvalue weighted by Crippen LogP contribution is -2.63. The van der Waals surface area contributed by atoms with Crippen LogP contribution in [-0.4, -0.2) is 37.1 Å². The first kappa shape index (κ1) is 14.5. The highest BCUT2D eigenvalue weighted by Crippen LogP contribution is 2.62. The molecular formula is C19H34N2. The quantitative estimate of drug-likeness (QED) is 0.777.